The van der Waals surface area contributed by atoms with E-state index < -0.39 is 0 Å². The first-order chi connectivity index (χ1) is 15.2. The molecule has 1 aromatic carbocycles. The Hall–Kier alpha value is -3.58. The van der Waals surface area contributed by atoms with Crippen molar-refractivity contribution in [2.75, 3.05) is 45.6 Å². The van der Waals surface area contributed by atoms with Crippen molar-refractivity contribution in [3.63, 3.8) is 0 Å². The first-order valence-corrected chi connectivity index (χ1v) is 10.3. The van der Waals surface area contributed by atoms with Gasteiger partial charge in [0.05, 0.1) is 0 Å². The number of hydrogen-bond donors (Lipinski definition) is 1. The third-order valence-electron chi connectivity index (χ3n) is 5.42. The van der Waals surface area contributed by atoms with Gasteiger partial charge in [0.1, 0.15) is 5.69 Å². The summed E-state index contributed by atoms with van der Waals surface area (Å²) in [6, 6.07) is 13.4. The molecule has 0 saturated carbocycles. The van der Waals surface area contributed by atoms with E-state index in [1.54, 1.807) is 18.6 Å². The molecule has 3 heterocycles. The molecule has 2 aromatic heterocycles. The van der Waals surface area contributed by atoms with E-state index in [1.807, 2.05) is 60.6 Å². The van der Waals surface area contributed by atoms with Crippen LogP contribution in [-0.2, 0) is 0 Å². The molecule has 1 amide bonds. The second-order valence-corrected chi connectivity index (χ2v) is 7.52. The molecule has 7 heteroatoms. The maximum absolute atomic E-state index is 12.7. The highest BCUT2D eigenvalue weighted by Crippen LogP contribution is 2.34. The van der Waals surface area contributed by atoms with Crippen molar-refractivity contribution in [3.8, 4) is 11.1 Å². The van der Waals surface area contributed by atoms with Gasteiger partial charge in [-0.05, 0) is 36.9 Å². The third-order valence-corrected chi connectivity index (χ3v) is 5.42. The Bertz CT molecular complexity index is 1060. The SMILES string of the molecule is CNc1nccc(-c2cccnc2)c1N=Cc1ccc(C(=O)N2CCN(C)CC2)cc1. The topological polar surface area (TPSA) is 73.7 Å². The van der Waals surface area contributed by atoms with E-state index in [1.165, 1.54) is 0 Å². The van der Waals surface area contributed by atoms with E-state index in [0.29, 0.717) is 11.4 Å². The van der Waals surface area contributed by atoms with Gasteiger partial charge in [0.25, 0.3) is 5.91 Å². The van der Waals surface area contributed by atoms with Crippen molar-refractivity contribution in [3.05, 3.63) is 72.2 Å². The second kappa shape index (κ2) is 9.49. The van der Waals surface area contributed by atoms with Crippen molar-refractivity contribution >= 4 is 23.6 Å². The number of anilines is 1. The minimum Gasteiger partial charge on any atom is -0.371 e. The van der Waals surface area contributed by atoms with Crippen molar-refractivity contribution in [2.24, 2.45) is 4.99 Å². The molecule has 0 aliphatic carbocycles. The number of rotatable bonds is 5. The van der Waals surface area contributed by atoms with E-state index in [0.717, 1.165) is 48.6 Å². The number of piperazine rings is 1. The lowest BCUT2D eigenvalue weighted by Crippen LogP contribution is -2.47. The number of pyridine rings is 2. The summed E-state index contributed by atoms with van der Waals surface area (Å²) in [7, 11) is 3.91. The molecule has 0 spiro atoms. The quantitative estimate of drug-likeness (QED) is 0.649. The van der Waals surface area contributed by atoms with Gasteiger partial charge < -0.3 is 15.1 Å². The Balaban J connectivity index is 1.55. The monoisotopic (exact) mass is 414 g/mol. The van der Waals surface area contributed by atoms with Crippen LogP contribution >= 0.6 is 0 Å². The molecule has 7 nitrogen and oxygen atoms in total. The van der Waals surface area contributed by atoms with Crippen molar-refractivity contribution in [2.45, 2.75) is 0 Å². The van der Waals surface area contributed by atoms with Crippen molar-refractivity contribution in [1.82, 2.24) is 19.8 Å². The van der Waals surface area contributed by atoms with E-state index in [4.69, 9.17) is 4.99 Å². The van der Waals surface area contributed by atoms with Crippen LogP contribution in [0.2, 0.25) is 0 Å². The molecule has 1 saturated heterocycles. The van der Waals surface area contributed by atoms with Crippen LogP contribution < -0.4 is 5.32 Å². The van der Waals surface area contributed by atoms with Crippen molar-refractivity contribution < 1.29 is 4.79 Å². The first kappa shape index (κ1) is 20.7. The largest absolute Gasteiger partial charge is 0.371 e. The smallest absolute Gasteiger partial charge is 0.253 e. The molecule has 31 heavy (non-hydrogen) atoms. The number of carbonyl (C=O) groups excluding carboxylic acids is 1. The Morgan fingerprint density at radius 1 is 1.06 bits per heavy atom. The van der Waals surface area contributed by atoms with Crippen LogP contribution in [0.5, 0.6) is 0 Å². The molecule has 1 N–H and O–H groups in total. The molecule has 0 radical (unpaired) electrons. The number of benzene rings is 1. The third kappa shape index (κ3) is 4.78. The van der Waals surface area contributed by atoms with Crippen LogP contribution in [0, 0.1) is 0 Å². The number of likely N-dealkylation sites (N-methyl/N-ethyl adjacent to an activating group) is 1. The maximum atomic E-state index is 12.7. The zero-order valence-electron chi connectivity index (χ0n) is 17.8. The molecule has 1 fully saturated rings. The fraction of sp³-hybridized carbons (Fsp3) is 0.250. The average Bonchev–Trinajstić information content (AvgIpc) is 2.83. The van der Waals surface area contributed by atoms with Crippen LogP contribution in [0.1, 0.15) is 15.9 Å². The summed E-state index contributed by atoms with van der Waals surface area (Å²) >= 11 is 0. The fourth-order valence-corrected chi connectivity index (χ4v) is 3.57. The number of aromatic nitrogens is 2. The van der Waals surface area contributed by atoms with Crippen LogP contribution in [0.25, 0.3) is 11.1 Å². The highest BCUT2D eigenvalue weighted by Gasteiger charge is 2.20. The highest BCUT2D eigenvalue weighted by atomic mass is 16.2. The number of aliphatic imine (C=N–C) groups is 1. The summed E-state index contributed by atoms with van der Waals surface area (Å²) in [5.41, 5.74) is 4.29. The predicted molar refractivity (Wildman–Crippen MR) is 124 cm³/mol. The van der Waals surface area contributed by atoms with Crippen LogP contribution in [0.15, 0.2) is 66.0 Å². The van der Waals surface area contributed by atoms with Crippen LogP contribution in [0.4, 0.5) is 11.5 Å². The number of nitrogens with one attached hydrogen (secondary N) is 1. The molecule has 0 unspecified atom stereocenters. The second-order valence-electron chi connectivity index (χ2n) is 7.52. The Morgan fingerprint density at radius 3 is 2.52 bits per heavy atom. The lowest BCUT2D eigenvalue weighted by molar-refractivity contribution is 0.0664. The summed E-state index contributed by atoms with van der Waals surface area (Å²) in [6.07, 6.45) is 7.11. The summed E-state index contributed by atoms with van der Waals surface area (Å²) in [5, 5.41) is 3.11. The lowest BCUT2D eigenvalue weighted by atomic mass is 10.1. The van der Waals surface area contributed by atoms with Gasteiger partial charge in [-0.2, -0.15) is 0 Å². The summed E-state index contributed by atoms with van der Waals surface area (Å²) in [5.74, 6) is 0.777. The van der Waals surface area contributed by atoms with Crippen LogP contribution in [0.3, 0.4) is 0 Å². The van der Waals surface area contributed by atoms with Gasteiger partial charge in [0, 0.05) is 74.7 Å². The Kier molecular flexibility index (Phi) is 6.33. The van der Waals surface area contributed by atoms with Crippen LogP contribution in [-0.4, -0.2) is 72.2 Å². The molecular formula is C24H26N6O. The fourth-order valence-electron chi connectivity index (χ4n) is 3.57. The van der Waals surface area contributed by atoms with Crippen molar-refractivity contribution in [1.29, 1.82) is 0 Å². The maximum Gasteiger partial charge on any atom is 0.253 e. The van der Waals surface area contributed by atoms with E-state index in [9.17, 15) is 4.79 Å². The number of carbonyl (C=O) groups is 1. The minimum atomic E-state index is 0.0835. The lowest BCUT2D eigenvalue weighted by Gasteiger charge is -2.32. The van der Waals surface area contributed by atoms with Gasteiger partial charge in [-0.3, -0.25) is 14.8 Å². The molecule has 1 aliphatic heterocycles. The normalized spacial score (nSPS) is 14.7. The summed E-state index contributed by atoms with van der Waals surface area (Å²) in [4.78, 5) is 30.2. The zero-order valence-corrected chi connectivity index (χ0v) is 17.8. The molecule has 3 aromatic rings. The first-order valence-electron chi connectivity index (χ1n) is 10.3. The zero-order chi connectivity index (χ0) is 21.6. The average molecular weight is 415 g/mol. The molecular weight excluding hydrogens is 388 g/mol. The molecule has 158 valence electrons. The summed E-state index contributed by atoms with van der Waals surface area (Å²) < 4.78 is 0. The van der Waals surface area contributed by atoms with Gasteiger partial charge in [-0.15, -0.1) is 0 Å². The Labute approximate surface area is 182 Å². The number of hydrogen-bond acceptors (Lipinski definition) is 6. The van der Waals surface area contributed by atoms with Gasteiger partial charge in [0.15, 0.2) is 5.82 Å². The van der Waals surface area contributed by atoms with E-state index in [-0.39, 0.29) is 5.91 Å². The minimum absolute atomic E-state index is 0.0835. The van der Waals surface area contributed by atoms with E-state index in [2.05, 4.69) is 27.2 Å². The van der Waals surface area contributed by atoms with E-state index >= 15 is 0 Å². The molecule has 4 rings (SSSR count). The molecule has 0 bridgehead atoms. The summed E-state index contributed by atoms with van der Waals surface area (Å²) in [6.45, 7) is 3.36. The molecule has 1 aliphatic rings. The van der Waals surface area contributed by atoms with Gasteiger partial charge in [-0.25, -0.2) is 4.98 Å². The standard InChI is InChI=1S/C24H26N6O/c1-25-23-22(21(9-11-27-23)20-4-3-10-26-17-20)28-16-18-5-7-19(8-6-18)24(31)30-14-12-29(2)13-15-30/h3-11,16-17H,12-15H2,1-2H3,(H,25,27). The predicted octanol–water partition coefficient (Wildman–Crippen LogP) is 3.32. The van der Waals surface area contributed by atoms with Gasteiger partial charge >= 0.3 is 0 Å². The Morgan fingerprint density at radius 2 is 1.84 bits per heavy atom. The molecule has 0 atom stereocenters. The number of amides is 1. The highest BCUT2D eigenvalue weighted by molar-refractivity contribution is 5.95. The van der Waals surface area contributed by atoms with Gasteiger partial charge in [-0.1, -0.05) is 18.2 Å². The van der Waals surface area contributed by atoms with Gasteiger partial charge in [0.2, 0.25) is 0 Å². The number of nitrogens with zero attached hydrogens (tertiary/aromatic N) is 5.